The first kappa shape index (κ1) is 16.8. The third-order valence-corrected chi connectivity index (χ3v) is 3.74. The molecule has 0 aliphatic rings. The van der Waals surface area contributed by atoms with Gasteiger partial charge >= 0.3 is 0 Å². The molecule has 0 saturated carbocycles. The van der Waals surface area contributed by atoms with E-state index >= 15 is 0 Å². The van der Waals surface area contributed by atoms with Crippen molar-refractivity contribution in [1.29, 1.82) is 0 Å². The molecule has 0 saturated heterocycles. The van der Waals surface area contributed by atoms with Crippen LogP contribution in [0.25, 0.3) is 0 Å². The van der Waals surface area contributed by atoms with E-state index in [1.807, 2.05) is 18.2 Å². The van der Waals surface area contributed by atoms with E-state index in [0.717, 1.165) is 30.5 Å². The first-order valence-corrected chi connectivity index (χ1v) is 8.57. The van der Waals surface area contributed by atoms with Crippen molar-refractivity contribution in [3.8, 4) is 0 Å². The molecule has 1 aromatic carbocycles. The van der Waals surface area contributed by atoms with Gasteiger partial charge in [-0.2, -0.15) is 0 Å². The Labute approximate surface area is 126 Å². The highest BCUT2D eigenvalue weighted by atomic mass is 35.5. The highest BCUT2D eigenvalue weighted by Gasteiger charge is 2.07. The van der Waals surface area contributed by atoms with Crippen molar-refractivity contribution >= 4 is 23.4 Å². The molecule has 0 radical (unpaired) electrons. The molecule has 1 rings (SSSR count). The van der Waals surface area contributed by atoms with Crippen LogP contribution in [-0.4, -0.2) is 25.3 Å². The Morgan fingerprint density at radius 3 is 2.79 bits per heavy atom. The van der Waals surface area contributed by atoms with Crippen molar-refractivity contribution in [2.24, 2.45) is 0 Å². The number of rotatable bonds is 10. The Morgan fingerprint density at radius 2 is 2.05 bits per heavy atom. The molecule has 4 heteroatoms. The van der Waals surface area contributed by atoms with E-state index in [4.69, 9.17) is 16.3 Å². The molecule has 0 spiro atoms. The lowest BCUT2D eigenvalue weighted by atomic mass is 10.1. The normalized spacial score (nSPS) is 12.6. The largest absolute Gasteiger partial charge is 0.371 e. The van der Waals surface area contributed by atoms with Crippen LogP contribution in [0.3, 0.4) is 0 Å². The van der Waals surface area contributed by atoms with Gasteiger partial charge in [-0.3, -0.25) is 0 Å². The molecule has 0 aliphatic heterocycles. The predicted octanol–water partition coefficient (Wildman–Crippen LogP) is 4.50. The van der Waals surface area contributed by atoms with E-state index in [-0.39, 0.29) is 0 Å². The number of ether oxygens (including phenoxy) is 1. The minimum Gasteiger partial charge on any atom is -0.371 e. The highest BCUT2D eigenvalue weighted by molar-refractivity contribution is 7.98. The van der Waals surface area contributed by atoms with Gasteiger partial charge in [-0.1, -0.05) is 29.8 Å². The molecule has 1 aromatic rings. The molecule has 1 N–H and O–H groups in total. The summed E-state index contributed by atoms with van der Waals surface area (Å²) < 4.78 is 5.42. The first-order valence-electron chi connectivity index (χ1n) is 6.80. The summed E-state index contributed by atoms with van der Waals surface area (Å²) in [7, 11) is 0. The SMILES string of the molecule is CSCOCCCCCN[C@H](C)c1ccccc1Cl. The molecular weight excluding hydrogens is 278 g/mol. The van der Waals surface area contributed by atoms with Crippen molar-refractivity contribution in [1.82, 2.24) is 5.32 Å². The Kier molecular flexibility index (Phi) is 9.35. The van der Waals surface area contributed by atoms with Crippen molar-refractivity contribution in [2.45, 2.75) is 32.2 Å². The van der Waals surface area contributed by atoms with Crippen molar-refractivity contribution in [3.05, 3.63) is 34.9 Å². The number of unbranched alkanes of at least 4 members (excludes halogenated alkanes) is 2. The van der Waals surface area contributed by atoms with E-state index in [1.54, 1.807) is 11.8 Å². The summed E-state index contributed by atoms with van der Waals surface area (Å²) in [4.78, 5) is 0. The summed E-state index contributed by atoms with van der Waals surface area (Å²) in [6, 6.07) is 8.32. The standard InChI is InChI=1S/C15H24ClNOS/c1-13(14-8-4-5-9-15(14)16)17-10-6-3-7-11-18-12-19-2/h4-5,8-9,13,17H,3,6-7,10-12H2,1-2H3/t13-/m1/s1. The monoisotopic (exact) mass is 301 g/mol. The maximum atomic E-state index is 6.17. The minimum atomic E-state index is 0.307. The second-order valence-corrected chi connectivity index (χ2v) is 5.79. The molecule has 0 aliphatic carbocycles. The third-order valence-electron chi connectivity index (χ3n) is 2.99. The first-order chi connectivity index (χ1) is 9.25. The van der Waals surface area contributed by atoms with Gasteiger partial charge in [0, 0.05) is 17.7 Å². The third kappa shape index (κ3) is 7.21. The summed E-state index contributed by atoms with van der Waals surface area (Å²) in [5.74, 6) is 0.807. The fourth-order valence-corrected chi connectivity index (χ4v) is 2.49. The lowest BCUT2D eigenvalue weighted by molar-refractivity contribution is 0.177. The Morgan fingerprint density at radius 1 is 1.26 bits per heavy atom. The summed E-state index contributed by atoms with van der Waals surface area (Å²) in [6.07, 6.45) is 5.58. The average Bonchev–Trinajstić information content (AvgIpc) is 2.42. The maximum absolute atomic E-state index is 6.17. The summed E-state index contributed by atoms with van der Waals surface area (Å²) in [5, 5.41) is 4.35. The molecule has 0 bridgehead atoms. The van der Waals surface area contributed by atoms with E-state index < -0.39 is 0 Å². The van der Waals surface area contributed by atoms with Crippen molar-refractivity contribution < 1.29 is 4.74 Å². The molecule has 0 aromatic heterocycles. The van der Waals surface area contributed by atoms with Crippen LogP contribution in [0, 0.1) is 0 Å². The van der Waals surface area contributed by atoms with E-state index in [2.05, 4.69) is 24.6 Å². The van der Waals surface area contributed by atoms with E-state index in [0.29, 0.717) is 6.04 Å². The van der Waals surface area contributed by atoms with Crippen molar-refractivity contribution in [2.75, 3.05) is 25.3 Å². The van der Waals surface area contributed by atoms with Crippen LogP contribution in [0.4, 0.5) is 0 Å². The quantitative estimate of drug-likeness (QED) is 0.508. The zero-order valence-electron chi connectivity index (χ0n) is 11.8. The zero-order valence-corrected chi connectivity index (χ0v) is 13.4. The Balaban J connectivity index is 2.08. The van der Waals surface area contributed by atoms with Gasteiger partial charge in [0.25, 0.3) is 0 Å². The Hall–Kier alpha value is -0.220. The number of benzene rings is 1. The lowest BCUT2D eigenvalue weighted by Crippen LogP contribution is -2.20. The molecule has 0 amide bonds. The van der Waals surface area contributed by atoms with Gasteiger partial charge in [0.15, 0.2) is 0 Å². The fraction of sp³-hybridized carbons (Fsp3) is 0.600. The van der Waals surface area contributed by atoms with Crippen LogP contribution < -0.4 is 5.32 Å². The highest BCUT2D eigenvalue weighted by Crippen LogP contribution is 2.21. The van der Waals surface area contributed by atoms with Gasteiger partial charge in [-0.05, 0) is 50.6 Å². The second-order valence-electron chi connectivity index (χ2n) is 4.57. The molecule has 1 atom stereocenters. The average molecular weight is 302 g/mol. The van der Waals surface area contributed by atoms with Gasteiger partial charge in [0.05, 0.1) is 5.94 Å². The molecular formula is C15H24ClNOS. The molecule has 19 heavy (non-hydrogen) atoms. The van der Waals surface area contributed by atoms with Gasteiger partial charge in [0.2, 0.25) is 0 Å². The molecule has 0 heterocycles. The van der Waals surface area contributed by atoms with Crippen molar-refractivity contribution in [3.63, 3.8) is 0 Å². The topological polar surface area (TPSA) is 21.3 Å². The number of halogens is 1. The van der Waals surface area contributed by atoms with E-state index in [1.165, 1.54) is 18.4 Å². The van der Waals surface area contributed by atoms with Crippen LogP contribution >= 0.6 is 23.4 Å². The van der Waals surface area contributed by atoms with Crippen LogP contribution in [0.15, 0.2) is 24.3 Å². The number of thioether (sulfide) groups is 1. The molecule has 0 fully saturated rings. The summed E-state index contributed by atoms with van der Waals surface area (Å²) in [6.45, 7) is 4.05. The van der Waals surface area contributed by atoms with Gasteiger partial charge in [0.1, 0.15) is 0 Å². The van der Waals surface area contributed by atoms with Crippen LogP contribution in [-0.2, 0) is 4.74 Å². The Bertz CT molecular complexity index is 349. The summed E-state index contributed by atoms with van der Waals surface area (Å²) >= 11 is 7.90. The second kappa shape index (κ2) is 10.6. The number of hydrogen-bond acceptors (Lipinski definition) is 3. The van der Waals surface area contributed by atoms with E-state index in [9.17, 15) is 0 Å². The fourth-order valence-electron chi connectivity index (χ4n) is 1.90. The van der Waals surface area contributed by atoms with Crippen LogP contribution in [0.5, 0.6) is 0 Å². The maximum Gasteiger partial charge on any atom is 0.0918 e. The van der Waals surface area contributed by atoms with Gasteiger partial charge in [-0.25, -0.2) is 0 Å². The van der Waals surface area contributed by atoms with Crippen LogP contribution in [0.2, 0.25) is 5.02 Å². The zero-order chi connectivity index (χ0) is 13.9. The molecule has 108 valence electrons. The van der Waals surface area contributed by atoms with Gasteiger partial charge < -0.3 is 10.1 Å². The predicted molar refractivity (Wildman–Crippen MR) is 86.1 cm³/mol. The minimum absolute atomic E-state index is 0.307. The molecule has 2 nitrogen and oxygen atoms in total. The smallest absolute Gasteiger partial charge is 0.0918 e. The van der Waals surface area contributed by atoms with Gasteiger partial charge in [-0.15, -0.1) is 11.8 Å². The van der Waals surface area contributed by atoms with Crippen LogP contribution in [0.1, 0.15) is 37.8 Å². The summed E-state index contributed by atoms with van der Waals surface area (Å²) in [5.41, 5.74) is 1.17. The molecule has 0 unspecified atom stereocenters. The number of hydrogen-bond donors (Lipinski definition) is 1. The number of nitrogens with one attached hydrogen (secondary N) is 1. The lowest BCUT2D eigenvalue weighted by Gasteiger charge is -2.15.